The first kappa shape index (κ1) is 25.3. The molecule has 1 aromatic rings. The van der Waals surface area contributed by atoms with Crippen LogP contribution in [0, 0.1) is 0 Å². The van der Waals surface area contributed by atoms with Crippen LogP contribution in [0.3, 0.4) is 0 Å². The molecule has 0 saturated carbocycles. The number of aliphatic imine (C=N–C) groups is 1. The summed E-state index contributed by atoms with van der Waals surface area (Å²) in [4.78, 5) is 23.4. The van der Waals surface area contributed by atoms with Gasteiger partial charge < -0.3 is 24.8 Å². The van der Waals surface area contributed by atoms with Gasteiger partial charge in [0.05, 0.1) is 13.7 Å². The number of guanidine groups is 1. The number of hydrogen-bond donors (Lipinski definition) is 1. The molecule has 1 heterocycles. The number of anilines is 1. The molecule has 0 radical (unpaired) electrons. The molecule has 8 heteroatoms. The van der Waals surface area contributed by atoms with Gasteiger partial charge in [0, 0.05) is 64.0 Å². The van der Waals surface area contributed by atoms with Gasteiger partial charge in [0.1, 0.15) is 5.75 Å². The molecule has 1 fully saturated rings. The molecular weight excluding hydrogens is 481 g/mol. The van der Waals surface area contributed by atoms with Crippen molar-refractivity contribution in [2.45, 2.75) is 27.2 Å². The Labute approximate surface area is 192 Å². The van der Waals surface area contributed by atoms with E-state index in [-0.39, 0.29) is 29.9 Å². The molecule has 1 aliphatic rings. The molecule has 0 aliphatic carbocycles. The summed E-state index contributed by atoms with van der Waals surface area (Å²) in [5.74, 6) is 1.96. The monoisotopic (exact) mass is 517 g/mol. The van der Waals surface area contributed by atoms with E-state index in [4.69, 9.17) is 9.73 Å². The first-order valence-electron chi connectivity index (χ1n) is 10.3. The van der Waals surface area contributed by atoms with Crippen molar-refractivity contribution in [3.05, 3.63) is 24.3 Å². The maximum absolute atomic E-state index is 12.2. The van der Waals surface area contributed by atoms with Crippen LogP contribution < -0.4 is 15.0 Å². The molecule has 0 aromatic heterocycles. The Hall–Kier alpha value is -1.71. The van der Waals surface area contributed by atoms with Crippen molar-refractivity contribution in [1.29, 1.82) is 0 Å². The predicted octanol–water partition coefficient (Wildman–Crippen LogP) is 2.66. The van der Waals surface area contributed by atoms with E-state index in [1.165, 1.54) is 5.69 Å². The second-order valence-corrected chi connectivity index (χ2v) is 6.73. The summed E-state index contributed by atoms with van der Waals surface area (Å²) in [5.41, 5.74) is 1.19. The van der Waals surface area contributed by atoms with Gasteiger partial charge in [-0.2, -0.15) is 0 Å². The van der Waals surface area contributed by atoms with Gasteiger partial charge in [0.15, 0.2) is 5.96 Å². The first-order valence-corrected chi connectivity index (χ1v) is 10.3. The molecule has 0 bridgehead atoms. The highest BCUT2D eigenvalue weighted by Crippen LogP contribution is 2.22. The highest BCUT2D eigenvalue weighted by molar-refractivity contribution is 14.0. The second kappa shape index (κ2) is 13.5. The molecule has 1 amide bonds. The SMILES string of the molecule is CCNC(=NCCC(=O)N(CC)CC)N1CCN(c2cccc(OC)c2)CC1.I. The molecule has 2 rings (SSSR count). The minimum atomic E-state index is 0. The van der Waals surface area contributed by atoms with Crippen LogP contribution in [0.1, 0.15) is 27.2 Å². The number of nitrogens with one attached hydrogen (secondary N) is 1. The van der Waals surface area contributed by atoms with E-state index in [1.807, 2.05) is 30.9 Å². The fourth-order valence-corrected chi connectivity index (χ4v) is 3.40. The zero-order chi connectivity index (χ0) is 20.4. The van der Waals surface area contributed by atoms with Gasteiger partial charge in [-0.3, -0.25) is 9.79 Å². The number of amides is 1. The zero-order valence-corrected chi connectivity index (χ0v) is 20.5. The van der Waals surface area contributed by atoms with Gasteiger partial charge in [-0.1, -0.05) is 6.07 Å². The Morgan fingerprint density at radius 3 is 2.45 bits per heavy atom. The number of benzene rings is 1. The lowest BCUT2D eigenvalue weighted by Crippen LogP contribution is -2.52. The van der Waals surface area contributed by atoms with Crippen molar-refractivity contribution in [1.82, 2.24) is 15.1 Å². The summed E-state index contributed by atoms with van der Waals surface area (Å²) in [6.07, 6.45) is 0.459. The molecule has 1 aliphatic heterocycles. The number of carbonyl (C=O) groups is 1. The average molecular weight is 517 g/mol. The van der Waals surface area contributed by atoms with Crippen LogP contribution in [0.2, 0.25) is 0 Å². The Morgan fingerprint density at radius 1 is 1.17 bits per heavy atom. The molecule has 1 saturated heterocycles. The standard InChI is InChI=1S/C21H35N5O2.HI/c1-5-22-21(23-12-11-20(27)24(6-2)7-3)26-15-13-25(14-16-26)18-9-8-10-19(17-18)28-4;/h8-10,17H,5-7,11-16H2,1-4H3,(H,22,23);1H. The number of hydrogen-bond acceptors (Lipinski definition) is 4. The number of rotatable bonds is 8. The first-order chi connectivity index (χ1) is 13.6. The van der Waals surface area contributed by atoms with Crippen molar-refractivity contribution >= 4 is 41.5 Å². The maximum atomic E-state index is 12.2. The summed E-state index contributed by atoms with van der Waals surface area (Å²) < 4.78 is 5.34. The summed E-state index contributed by atoms with van der Waals surface area (Å²) >= 11 is 0. The van der Waals surface area contributed by atoms with Gasteiger partial charge >= 0.3 is 0 Å². The molecule has 0 atom stereocenters. The molecule has 0 unspecified atom stereocenters. The summed E-state index contributed by atoms with van der Waals surface area (Å²) in [6.45, 7) is 12.6. The van der Waals surface area contributed by atoms with Crippen LogP contribution in [0.25, 0.3) is 0 Å². The Kier molecular flexibility index (Phi) is 11.8. The minimum Gasteiger partial charge on any atom is -0.497 e. The quantitative estimate of drug-likeness (QED) is 0.327. The number of halogens is 1. The van der Waals surface area contributed by atoms with E-state index in [2.05, 4.69) is 34.2 Å². The van der Waals surface area contributed by atoms with Crippen LogP contribution in [0.5, 0.6) is 5.75 Å². The lowest BCUT2D eigenvalue weighted by molar-refractivity contribution is -0.130. The minimum absolute atomic E-state index is 0. The van der Waals surface area contributed by atoms with Crippen molar-refractivity contribution in [2.24, 2.45) is 4.99 Å². The van der Waals surface area contributed by atoms with Crippen molar-refractivity contribution in [3.8, 4) is 5.75 Å². The average Bonchev–Trinajstić information content (AvgIpc) is 2.74. The zero-order valence-electron chi connectivity index (χ0n) is 18.2. The summed E-state index contributed by atoms with van der Waals surface area (Å²) in [5, 5.41) is 3.37. The number of piperazine rings is 1. The smallest absolute Gasteiger partial charge is 0.224 e. The Balaban J connectivity index is 0.00000420. The lowest BCUT2D eigenvalue weighted by Gasteiger charge is -2.37. The second-order valence-electron chi connectivity index (χ2n) is 6.73. The Morgan fingerprint density at radius 2 is 1.86 bits per heavy atom. The molecule has 1 N–H and O–H groups in total. The highest BCUT2D eigenvalue weighted by Gasteiger charge is 2.20. The van der Waals surface area contributed by atoms with E-state index in [0.29, 0.717) is 13.0 Å². The van der Waals surface area contributed by atoms with Gasteiger partial charge in [-0.05, 0) is 32.9 Å². The van der Waals surface area contributed by atoms with Gasteiger partial charge in [-0.25, -0.2) is 0 Å². The molecule has 164 valence electrons. The van der Waals surface area contributed by atoms with Gasteiger partial charge in [-0.15, -0.1) is 24.0 Å². The summed E-state index contributed by atoms with van der Waals surface area (Å²) in [6, 6.07) is 8.19. The van der Waals surface area contributed by atoms with E-state index in [1.54, 1.807) is 7.11 Å². The largest absolute Gasteiger partial charge is 0.497 e. The number of ether oxygens (including phenoxy) is 1. The van der Waals surface area contributed by atoms with Crippen molar-refractivity contribution in [2.75, 3.05) is 64.4 Å². The third kappa shape index (κ3) is 7.56. The molecular formula is C21H36IN5O2. The van der Waals surface area contributed by atoms with Gasteiger partial charge in [0.2, 0.25) is 5.91 Å². The van der Waals surface area contributed by atoms with Crippen LogP contribution >= 0.6 is 24.0 Å². The number of nitrogens with zero attached hydrogens (tertiary/aromatic N) is 4. The Bertz CT molecular complexity index is 644. The van der Waals surface area contributed by atoms with E-state index in [0.717, 1.165) is 57.5 Å². The van der Waals surface area contributed by atoms with Gasteiger partial charge in [0.25, 0.3) is 0 Å². The molecule has 7 nitrogen and oxygen atoms in total. The van der Waals surface area contributed by atoms with Crippen LogP contribution in [-0.2, 0) is 4.79 Å². The number of carbonyl (C=O) groups excluding carboxylic acids is 1. The topological polar surface area (TPSA) is 60.4 Å². The summed E-state index contributed by atoms with van der Waals surface area (Å²) in [7, 11) is 1.70. The van der Waals surface area contributed by atoms with E-state index in [9.17, 15) is 4.79 Å². The van der Waals surface area contributed by atoms with Crippen LogP contribution in [-0.4, -0.2) is 81.1 Å². The van der Waals surface area contributed by atoms with E-state index >= 15 is 0 Å². The van der Waals surface area contributed by atoms with Crippen LogP contribution in [0.4, 0.5) is 5.69 Å². The fraction of sp³-hybridized carbons (Fsp3) is 0.619. The maximum Gasteiger partial charge on any atom is 0.224 e. The van der Waals surface area contributed by atoms with Crippen molar-refractivity contribution in [3.63, 3.8) is 0 Å². The third-order valence-corrected chi connectivity index (χ3v) is 5.04. The van der Waals surface area contributed by atoms with Crippen molar-refractivity contribution < 1.29 is 9.53 Å². The number of methoxy groups -OCH3 is 1. The fourth-order valence-electron chi connectivity index (χ4n) is 3.40. The predicted molar refractivity (Wildman–Crippen MR) is 131 cm³/mol. The molecule has 29 heavy (non-hydrogen) atoms. The normalized spacial score (nSPS) is 14.3. The lowest BCUT2D eigenvalue weighted by atomic mass is 10.2. The third-order valence-electron chi connectivity index (χ3n) is 5.04. The van der Waals surface area contributed by atoms with E-state index < -0.39 is 0 Å². The molecule has 0 spiro atoms. The van der Waals surface area contributed by atoms with Crippen LogP contribution in [0.15, 0.2) is 29.3 Å². The molecule has 1 aromatic carbocycles. The highest BCUT2D eigenvalue weighted by atomic mass is 127.